The molecule has 1 saturated heterocycles. The van der Waals surface area contributed by atoms with Gasteiger partial charge >= 0.3 is 0 Å². The Labute approximate surface area is 193 Å². The maximum atomic E-state index is 10.4. The van der Waals surface area contributed by atoms with Gasteiger partial charge in [0.2, 0.25) is 0 Å². The fraction of sp³-hybridized carbons (Fsp3) is 0.577. The molecule has 0 spiro atoms. The standard InChI is InChI=1S/C26H39N3O3/c1-3-11-27-12-7-8-15-32-26-21(2)28-25(18-22-9-5-4-6-10-22)24(20-30)23(26)19-29-13-16-31-17-14-29/h4-6,9-10,27,30H,3,7-8,11-20H2,1-2H3. The number of pyridine rings is 1. The number of morpholine rings is 1. The lowest BCUT2D eigenvalue weighted by Crippen LogP contribution is -2.36. The van der Waals surface area contributed by atoms with Crippen LogP contribution in [0.2, 0.25) is 0 Å². The molecule has 1 aliphatic rings. The summed E-state index contributed by atoms with van der Waals surface area (Å²) in [5.74, 6) is 0.846. The van der Waals surface area contributed by atoms with Crippen molar-refractivity contribution in [1.82, 2.24) is 15.2 Å². The largest absolute Gasteiger partial charge is 0.491 e. The van der Waals surface area contributed by atoms with Crippen LogP contribution in [0.3, 0.4) is 0 Å². The van der Waals surface area contributed by atoms with Crippen LogP contribution in [0, 0.1) is 6.92 Å². The Bertz CT molecular complexity index is 808. The molecule has 6 heteroatoms. The highest BCUT2D eigenvalue weighted by molar-refractivity contribution is 5.46. The summed E-state index contributed by atoms with van der Waals surface area (Å²) >= 11 is 0. The van der Waals surface area contributed by atoms with E-state index in [0.717, 1.165) is 93.5 Å². The molecule has 0 radical (unpaired) electrons. The normalized spacial score (nSPS) is 14.6. The van der Waals surface area contributed by atoms with Crippen LogP contribution in [0.1, 0.15) is 54.3 Å². The summed E-state index contributed by atoms with van der Waals surface area (Å²) in [6.45, 7) is 10.9. The predicted molar refractivity (Wildman–Crippen MR) is 128 cm³/mol. The summed E-state index contributed by atoms with van der Waals surface area (Å²) in [6, 6.07) is 10.3. The lowest BCUT2D eigenvalue weighted by Gasteiger charge is -2.29. The molecule has 0 bridgehead atoms. The SMILES string of the molecule is CCCNCCCCOc1c(C)nc(Cc2ccccc2)c(CO)c1CN1CCOCC1. The van der Waals surface area contributed by atoms with Crippen molar-refractivity contribution in [2.75, 3.05) is 46.0 Å². The van der Waals surface area contributed by atoms with Gasteiger partial charge in [-0.1, -0.05) is 37.3 Å². The van der Waals surface area contributed by atoms with E-state index in [1.54, 1.807) is 0 Å². The maximum absolute atomic E-state index is 10.4. The van der Waals surface area contributed by atoms with E-state index in [-0.39, 0.29) is 6.61 Å². The van der Waals surface area contributed by atoms with Gasteiger partial charge in [0.05, 0.1) is 37.8 Å². The van der Waals surface area contributed by atoms with Gasteiger partial charge in [-0.3, -0.25) is 9.88 Å². The van der Waals surface area contributed by atoms with Gasteiger partial charge in [0.1, 0.15) is 5.75 Å². The number of rotatable bonds is 13. The number of aryl methyl sites for hydroxylation is 1. The Kier molecular flexibility index (Phi) is 10.4. The highest BCUT2D eigenvalue weighted by atomic mass is 16.5. The predicted octanol–water partition coefficient (Wildman–Crippen LogP) is 3.46. The van der Waals surface area contributed by atoms with E-state index in [1.807, 2.05) is 25.1 Å². The van der Waals surface area contributed by atoms with Crippen molar-refractivity contribution in [1.29, 1.82) is 0 Å². The number of unbranched alkanes of at least 4 members (excludes halogenated alkanes) is 1. The molecule has 6 nitrogen and oxygen atoms in total. The molecular weight excluding hydrogens is 402 g/mol. The number of nitrogens with one attached hydrogen (secondary N) is 1. The number of aromatic nitrogens is 1. The fourth-order valence-corrected chi connectivity index (χ4v) is 4.14. The highest BCUT2D eigenvalue weighted by Gasteiger charge is 2.22. The van der Waals surface area contributed by atoms with Crippen molar-refractivity contribution in [3.8, 4) is 5.75 Å². The minimum atomic E-state index is -0.0353. The van der Waals surface area contributed by atoms with E-state index < -0.39 is 0 Å². The van der Waals surface area contributed by atoms with Gasteiger partial charge in [-0.25, -0.2) is 0 Å². The Balaban J connectivity index is 1.79. The van der Waals surface area contributed by atoms with Crippen LogP contribution >= 0.6 is 0 Å². The molecule has 176 valence electrons. The first-order chi connectivity index (χ1) is 15.7. The monoisotopic (exact) mass is 441 g/mol. The van der Waals surface area contributed by atoms with E-state index in [2.05, 4.69) is 29.3 Å². The molecule has 0 aliphatic carbocycles. The second-order valence-corrected chi connectivity index (χ2v) is 8.44. The zero-order chi connectivity index (χ0) is 22.6. The second kappa shape index (κ2) is 13.5. The van der Waals surface area contributed by atoms with Crippen LogP contribution in [0.5, 0.6) is 5.75 Å². The average Bonchev–Trinajstić information content (AvgIpc) is 2.81. The molecule has 0 amide bonds. The first-order valence-electron chi connectivity index (χ1n) is 12.0. The molecule has 0 unspecified atom stereocenters. The summed E-state index contributed by atoms with van der Waals surface area (Å²) < 4.78 is 11.8. The summed E-state index contributed by atoms with van der Waals surface area (Å²) in [5, 5.41) is 13.8. The van der Waals surface area contributed by atoms with Crippen molar-refractivity contribution in [3.63, 3.8) is 0 Å². The van der Waals surface area contributed by atoms with Gasteiger partial charge in [0.15, 0.2) is 0 Å². The number of aliphatic hydroxyl groups is 1. The van der Waals surface area contributed by atoms with E-state index in [9.17, 15) is 5.11 Å². The number of hydrogen-bond donors (Lipinski definition) is 2. The Morgan fingerprint density at radius 1 is 1.09 bits per heavy atom. The Morgan fingerprint density at radius 2 is 1.88 bits per heavy atom. The van der Waals surface area contributed by atoms with Crippen LogP contribution in [0.4, 0.5) is 0 Å². The minimum Gasteiger partial charge on any atom is -0.491 e. The van der Waals surface area contributed by atoms with Gasteiger partial charge in [0, 0.05) is 37.2 Å². The number of aliphatic hydroxyl groups excluding tert-OH is 1. The van der Waals surface area contributed by atoms with Crippen LogP contribution in [0.25, 0.3) is 0 Å². The van der Waals surface area contributed by atoms with Crippen LogP contribution < -0.4 is 10.1 Å². The van der Waals surface area contributed by atoms with E-state index in [0.29, 0.717) is 13.0 Å². The minimum absolute atomic E-state index is 0.0353. The third-order valence-corrected chi connectivity index (χ3v) is 5.90. The van der Waals surface area contributed by atoms with Crippen molar-refractivity contribution in [2.45, 2.75) is 52.7 Å². The van der Waals surface area contributed by atoms with Crippen molar-refractivity contribution in [3.05, 3.63) is 58.4 Å². The molecule has 2 aromatic rings. The molecule has 2 heterocycles. The molecule has 1 aromatic heterocycles. The third kappa shape index (κ3) is 7.27. The van der Waals surface area contributed by atoms with Crippen LogP contribution in [-0.4, -0.2) is 61.0 Å². The summed E-state index contributed by atoms with van der Waals surface area (Å²) in [5.41, 5.74) is 5.03. The summed E-state index contributed by atoms with van der Waals surface area (Å²) in [4.78, 5) is 7.27. The Morgan fingerprint density at radius 3 is 2.59 bits per heavy atom. The second-order valence-electron chi connectivity index (χ2n) is 8.44. The van der Waals surface area contributed by atoms with Gasteiger partial charge in [-0.2, -0.15) is 0 Å². The van der Waals surface area contributed by atoms with E-state index in [1.165, 1.54) is 5.56 Å². The molecule has 1 aromatic carbocycles. The number of nitrogens with zero attached hydrogens (tertiary/aromatic N) is 2. The highest BCUT2D eigenvalue weighted by Crippen LogP contribution is 2.31. The van der Waals surface area contributed by atoms with Gasteiger partial charge in [-0.15, -0.1) is 0 Å². The topological polar surface area (TPSA) is 66.8 Å². The number of benzene rings is 1. The third-order valence-electron chi connectivity index (χ3n) is 5.90. The molecule has 0 saturated carbocycles. The van der Waals surface area contributed by atoms with Gasteiger partial charge < -0.3 is 19.9 Å². The quantitative estimate of drug-likeness (QED) is 0.464. The Hall–Kier alpha value is -1.99. The van der Waals surface area contributed by atoms with Crippen LogP contribution in [0.15, 0.2) is 30.3 Å². The van der Waals surface area contributed by atoms with Crippen molar-refractivity contribution >= 4 is 0 Å². The molecule has 1 aliphatic heterocycles. The maximum Gasteiger partial charge on any atom is 0.145 e. The smallest absolute Gasteiger partial charge is 0.145 e. The van der Waals surface area contributed by atoms with Crippen molar-refractivity contribution in [2.24, 2.45) is 0 Å². The van der Waals surface area contributed by atoms with Gasteiger partial charge in [-0.05, 0) is 44.8 Å². The molecule has 32 heavy (non-hydrogen) atoms. The number of hydrogen-bond acceptors (Lipinski definition) is 6. The molecule has 1 fully saturated rings. The first kappa shape index (κ1) is 24.6. The number of ether oxygens (including phenoxy) is 2. The first-order valence-corrected chi connectivity index (χ1v) is 12.0. The van der Waals surface area contributed by atoms with Crippen molar-refractivity contribution < 1.29 is 14.6 Å². The lowest BCUT2D eigenvalue weighted by atomic mass is 9.98. The zero-order valence-corrected chi connectivity index (χ0v) is 19.7. The molecule has 2 N–H and O–H groups in total. The van der Waals surface area contributed by atoms with Gasteiger partial charge in [0.25, 0.3) is 0 Å². The summed E-state index contributed by atoms with van der Waals surface area (Å²) in [6.07, 6.45) is 3.94. The lowest BCUT2D eigenvalue weighted by molar-refractivity contribution is 0.0335. The molecule has 3 rings (SSSR count). The molecule has 0 atom stereocenters. The van der Waals surface area contributed by atoms with E-state index >= 15 is 0 Å². The summed E-state index contributed by atoms with van der Waals surface area (Å²) in [7, 11) is 0. The average molecular weight is 442 g/mol. The fourth-order valence-electron chi connectivity index (χ4n) is 4.14. The zero-order valence-electron chi connectivity index (χ0n) is 19.7. The molecular formula is C26H39N3O3. The van der Waals surface area contributed by atoms with Crippen LogP contribution in [-0.2, 0) is 24.3 Å². The van der Waals surface area contributed by atoms with E-state index in [4.69, 9.17) is 14.5 Å².